The molecule has 0 radical (unpaired) electrons. The van der Waals surface area contributed by atoms with Gasteiger partial charge < -0.3 is 9.88 Å². The summed E-state index contributed by atoms with van der Waals surface area (Å²) in [6.07, 6.45) is 1.34. The zero-order valence-corrected chi connectivity index (χ0v) is 15.4. The summed E-state index contributed by atoms with van der Waals surface area (Å²) in [4.78, 5) is 12.6. The van der Waals surface area contributed by atoms with Gasteiger partial charge in [-0.25, -0.2) is 8.42 Å². The summed E-state index contributed by atoms with van der Waals surface area (Å²) in [5.74, 6) is -0.431. The van der Waals surface area contributed by atoms with Crippen LogP contribution >= 0.6 is 0 Å². The molecule has 1 aromatic heterocycles. The Kier molecular flexibility index (Phi) is 3.98. The van der Waals surface area contributed by atoms with E-state index in [-0.39, 0.29) is 5.25 Å². The molecule has 6 heteroatoms. The number of aryl methyl sites for hydroxylation is 2. The first-order chi connectivity index (χ1) is 11.2. The number of nitrogens with one attached hydrogen (secondary N) is 1. The van der Waals surface area contributed by atoms with Crippen LogP contribution in [0.15, 0.2) is 24.3 Å². The lowest BCUT2D eigenvalue weighted by atomic mass is 10.1. The average molecular weight is 348 g/mol. The number of rotatable bonds is 5. The first-order valence-corrected chi connectivity index (χ1v) is 9.77. The second kappa shape index (κ2) is 5.62. The van der Waals surface area contributed by atoms with Crippen LogP contribution in [-0.2, 0) is 28.2 Å². The van der Waals surface area contributed by atoms with Crippen LogP contribution < -0.4 is 5.32 Å². The normalized spacial score (nSPS) is 15.7. The molecule has 1 amide bonds. The molecule has 1 aliphatic rings. The van der Waals surface area contributed by atoms with Crippen molar-refractivity contribution in [1.29, 1.82) is 0 Å². The van der Waals surface area contributed by atoms with E-state index in [4.69, 9.17) is 0 Å². The van der Waals surface area contributed by atoms with Gasteiger partial charge in [-0.3, -0.25) is 4.79 Å². The molecule has 3 rings (SSSR count). The van der Waals surface area contributed by atoms with Gasteiger partial charge in [-0.2, -0.15) is 0 Å². The molecule has 0 bridgehead atoms. The maximum Gasteiger partial charge on any atom is 0.241 e. The Hall–Kier alpha value is -1.82. The van der Waals surface area contributed by atoms with Crippen LogP contribution in [-0.4, -0.2) is 28.9 Å². The van der Waals surface area contributed by atoms with Gasteiger partial charge in [0, 0.05) is 23.6 Å². The molecule has 1 aliphatic carbocycles. The van der Waals surface area contributed by atoms with Crippen LogP contribution in [0.3, 0.4) is 0 Å². The number of para-hydroxylation sites is 1. The van der Waals surface area contributed by atoms with E-state index in [2.05, 4.69) is 11.4 Å². The molecule has 1 saturated carbocycles. The summed E-state index contributed by atoms with van der Waals surface area (Å²) in [6, 6.07) is 8.06. The third kappa shape index (κ3) is 2.53. The molecule has 1 heterocycles. The van der Waals surface area contributed by atoms with E-state index in [1.54, 1.807) is 0 Å². The van der Waals surface area contributed by atoms with E-state index in [1.165, 1.54) is 13.8 Å². The number of sulfone groups is 1. The smallest absolute Gasteiger partial charge is 0.241 e. The number of hydrogen-bond acceptors (Lipinski definition) is 3. The number of nitrogens with zero attached hydrogens (tertiary/aromatic N) is 1. The van der Waals surface area contributed by atoms with Crippen LogP contribution in [0.25, 0.3) is 10.9 Å². The molecule has 1 N–H and O–H groups in total. The number of amides is 1. The molecule has 2 aromatic rings. The first kappa shape index (κ1) is 17.0. The fourth-order valence-electron chi connectivity index (χ4n) is 3.19. The van der Waals surface area contributed by atoms with E-state index >= 15 is 0 Å². The third-order valence-electron chi connectivity index (χ3n) is 5.14. The standard InChI is InChI=1S/C18H24N2O3S/c1-12-14-7-5-6-8-15(14)20(4)16(12)11-19-17(21)18(2,3)24(22,23)13-9-10-13/h5-8,13H,9-11H2,1-4H3,(H,19,21). The minimum Gasteiger partial charge on any atom is -0.349 e. The Balaban J connectivity index is 1.82. The highest BCUT2D eigenvalue weighted by atomic mass is 32.2. The molecule has 0 atom stereocenters. The van der Waals surface area contributed by atoms with Crippen molar-refractivity contribution < 1.29 is 13.2 Å². The Morgan fingerprint density at radius 2 is 1.92 bits per heavy atom. The van der Waals surface area contributed by atoms with E-state index in [9.17, 15) is 13.2 Å². The molecule has 1 fully saturated rings. The second-order valence-electron chi connectivity index (χ2n) is 7.09. The fraction of sp³-hybridized carbons (Fsp3) is 0.500. The molecule has 0 aliphatic heterocycles. The minimum absolute atomic E-state index is 0.319. The molecular weight excluding hydrogens is 324 g/mol. The Morgan fingerprint density at radius 3 is 2.50 bits per heavy atom. The summed E-state index contributed by atoms with van der Waals surface area (Å²) >= 11 is 0. The lowest BCUT2D eigenvalue weighted by Crippen LogP contribution is -2.49. The van der Waals surface area contributed by atoms with E-state index < -0.39 is 20.5 Å². The van der Waals surface area contributed by atoms with Gasteiger partial charge in [0.1, 0.15) is 4.75 Å². The van der Waals surface area contributed by atoms with Crippen LogP contribution in [0.1, 0.15) is 37.9 Å². The quantitative estimate of drug-likeness (QED) is 0.902. The number of hydrogen-bond donors (Lipinski definition) is 1. The third-order valence-corrected chi connectivity index (χ3v) is 8.10. The molecule has 0 spiro atoms. The van der Waals surface area contributed by atoms with Crippen molar-refractivity contribution in [1.82, 2.24) is 9.88 Å². The van der Waals surface area contributed by atoms with Crippen LogP contribution in [0.2, 0.25) is 0 Å². The van der Waals surface area contributed by atoms with E-state index in [0.717, 1.165) is 22.2 Å². The van der Waals surface area contributed by atoms with Gasteiger partial charge in [0.15, 0.2) is 9.84 Å². The predicted molar refractivity (Wildman–Crippen MR) is 95.5 cm³/mol. The van der Waals surface area contributed by atoms with Crippen molar-refractivity contribution in [3.8, 4) is 0 Å². The lowest BCUT2D eigenvalue weighted by Gasteiger charge is -2.24. The molecule has 5 nitrogen and oxygen atoms in total. The number of fused-ring (bicyclic) bond motifs is 1. The molecule has 24 heavy (non-hydrogen) atoms. The van der Waals surface area contributed by atoms with Crippen LogP contribution in [0.5, 0.6) is 0 Å². The van der Waals surface area contributed by atoms with Gasteiger partial charge >= 0.3 is 0 Å². The summed E-state index contributed by atoms with van der Waals surface area (Å²) in [7, 11) is -1.47. The second-order valence-corrected chi connectivity index (χ2v) is 9.86. The van der Waals surface area contributed by atoms with Crippen molar-refractivity contribution in [3.63, 3.8) is 0 Å². The molecule has 0 unspecified atom stereocenters. The molecular formula is C18H24N2O3S. The highest BCUT2D eigenvalue weighted by molar-refractivity contribution is 7.94. The summed E-state index contributed by atoms with van der Waals surface area (Å²) in [6.45, 7) is 5.35. The van der Waals surface area contributed by atoms with Crippen LogP contribution in [0.4, 0.5) is 0 Å². The number of carbonyl (C=O) groups is 1. The maximum absolute atomic E-state index is 12.6. The van der Waals surface area contributed by atoms with E-state index in [0.29, 0.717) is 19.4 Å². The van der Waals surface area contributed by atoms with Gasteiger partial charge in [-0.05, 0) is 45.2 Å². The molecule has 0 saturated heterocycles. The van der Waals surface area contributed by atoms with Crippen molar-refractivity contribution in [3.05, 3.63) is 35.5 Å². The van der Waals surface area contributed by atoms with Crippen LogP contribution in [0, 0.1) is 6.92 Å². The summed E-state index contributed by atoms with van der Waals surface area (Å²) in [5, 5.41) is 3.63. The largest absolute Gasteiger partial charge is 0.349 e. The SMILES string of the molecule is Cc1c(CNC(=O)C(C)(C)S(=O)(=O)C2CC2)n(C)c2ccccc12. The highest BCUT2D eigenvalue weighted by Crippen LogP contribution is 2.36. The highest BCUT2D eigenvalue weighted by Gasteiger charge is 2.50. The number of benzene rings is 1. The van der Waals surface area contributed by atoms with E-state index in [1.807, 2.05) is 36.7 Å². The Labute approximate surface area is 143 Å². The predicted octanol–water partition coefficient (Wildman–Crippen LogP) is 2.46. The van der Waals surface area contributed by atoms with Gasteiger partial charge in [0.2, 0.25) is 5.91 Å². The van der Waals surface area contributed by atoms with Crippen molar-refractivity contribution in [2.45, 2.75) is 50.2 Å². The van der Waals surface area contributed by atoms with Crippen molar-refractivity contribution in [2.24, 2.45) is 7.05 Å². The summed E-state index contributed by atoms with van der Waals surface area (Å²) < 4.78 is 25.6. The first-order valence-electron chi connectivity index (χ1n) is 8.22. The lowest BCUT2D eigenvalue weighted by molar-refractivity contribution is -0.123. The number of carbonyl (C=O) groups excluding carboxylic acids is 1. The fourth-order valence-corrected chi connectivity index (χ4v) is 5.11. The van der Waals surface area contributed by atoms with Gasteiger partial charge in [0.25, 0.3) is 0 Å². The van der Waals surface area contributed by atoms with Gasteiger partial charge in [-0.15, -0.1) is 0 Å². The summed E-state index contributed by atoms with van der Waals surface area (Å²) in [5.41, 5.74) is 3.20. The molecule has 1 aromatic carbocycles. The monoisotopic (exact) mass is 348 g/mol. The zero-order valence-electron chi connectivity index (χ0n) is 14.6. The van der Waals surface area contributed by atoms with Crippen molar-refractivity contribution >= 4 is 26.6 Å². The Morgan fingerprint density at radius 1 is 1.29 bits per heavy atom. The number of aromatic nitrogens is 1. The Bertz CT molecular complexity index is 867. The topological polar surface area (TPSA) is 68.2 Å². The van der Waals surface area contributed by atoms with Gasteiger partial charge in [-0.1, -0.05) is 18.2 Å². The maximum atomic E-state index is 12.6. The zero-order chi connectivity index (χ0) is 17.7. The van der Waals surface area contributed by atoms with Crippen molar-refractivity contribution in [2.75, 3.05) is 0 Å². The van der Waals surface area contributed by atoms with Gasteiger partial charge in [0.05, 0.1) is 11.8 Å². The average Bonchev–Trinajstić information content (AvgIpc) is 3.36. The molecule has 130 valence electrons. The minimum atomic E-state index is -3.43.